The largest absolute Gasteiger partial charge is 0.103 e. The number of allylic oxidation sites excluding steroid dienone is 2. The molecule has 1 atom stereocenters. The lowest BCUT2D eigenvalue weighted by atomic mass is 9.94. The molecule has 0 heterocycles. The van der Waals surface area contributed by atoms with Crippen LogP contribution in [0.2, 0.25) is 0 Å². The Hall–Kier alpha value is -1.12. The minimum Gasteiger partial charge on any atom is -0.103 e. The van der Waals surface area contributed by atoms with Gasteiger partial charge in [-0.05, 0) is 41.8 Å². The standard InChI is InChI=1S/C18H16Br2/c1-2-3-15(16-8-12-18(20)13-9-16)7-4-14-5-10-17(19)11-6-14/h2,4-13,15H,1,3H2/b7-4+. The van der Waals surface area contributed by atoms with Crippen molar-refractivity contribution in [2.75, 3.05) is 0 Å². The number of hydrogen-bond donors (Lipinski definition) is 0. The molecular weight excluding hydrogens is 376 g/mol. The molecule has 0 N–H and O–H groups in total. The maximum atomic E-state index is 3.86. The van der Waals surface area contributed by atoms with Crippen molar-refractivity contribution in [1.82, 2.24) is 0 Å². The van der Waals surface area contributed by atoms with Crippen LogP contribution in [0, 0.1) is 0 Å². The van der Waals surface area contributed by atoms with Gasteiger partial charge in [0, 0.05) is 14.9 Å². The highest BCUT2D eigenvalue weighted by Crippen LogP contribution is 2.24. The van der Waals surface area contributed by atoms with Gasteiger partial charge in [0.25, 0.3) is 0 Å². The number of hydrogen-bond acceptors (Lipinski definition) is 0. The van der Waals surface area contributed by atoms with Gasteiger partial charge in [0.1, 0.15) is 0 Å². The molecular formula is C18H16Br2. The molecule has 0 nitrogen and oxygen atoms in total. The van der Waals surface area contributed by atoms with Crippen LogP contribution in [-0.2, 0) is 0 Å². The molecule has 2 aromatic rings. The van der Waals surface area contributed by atoms with Crippen molar-refractivity contribution in [2.24, 2.45) is 0 Å². The van der Waals surface area contributed by atoms with Crippen molar-refractivity contribution in [3.05, 3.63) is 87.3 Å². The maximum absolute atomic E-state index is 3.86. The van der Waals surface area contributed by atoms with Gasteiger partial charge in [-0.2, -0.15) is 0 Å². The van der Waals surface area contributed by atoms with Crippen LogP contribution >= 0.6 is 31.9 Å². The molecule has 0 aliphatic carbocycles. The van der Waals surface area contributed by atoms with Crippen molar-refractivity contribution in [3.63, 3.8) is 0 Å². The summed E-state index contributed by atoms with van der Waals surface area (Å²) < 4.78 is 2.21. The fourth-order valence-electron chi connectivity index (χ4n) is 2.02. The van der Waals surface area contributed by atoms with Crippen molar-refractivity contribution in [2.45, 2.75) is 12.3 Å². The van der Waals surface area contributed by atoms with E-state index in [2.05, 4.69) is 99.1 Å². The molecule has 0 saturated heterocycles. The lowest BCUT2D eigenvalue weighted by Crippen LogP contribution is -1.93. The number of benzene rings is 2. The molecule has 1 unspecified atom stereocenters. The van der Waals surface area contributed by atoms with Crippen LogP contribution in [0.4, 0.5) is 0 Å². The van der Waals surface area contributed by atoms with Gasteiger partial charge < -0.3 is 0 Å². The predicted octanol–water partition coefficient (Wildman–Crippen LogP) is 6.58. The van der Waals surface area contributed by atoms with Crippen molar-refractivity contribution in [3.8, 4) is 0 Å². The smallest absolute Gasteiger partial charge is 0.0175 e. The first-order valence-corrected chi connectivity index (χ1v) is 8.08. The fraction of sp³-hybridized carbons (Fsp3) is 0.111. The van der Waals surface area contributed by atoms with Gasteiger partial charge in [-0.25, -0.2) is 0 Å². The third-order valence-corrected chi connectivity index (χ3v) is 4.17. The second kappa shape index (κ2) is 7.61. The van der Waals surface area contributed by atoms with Gasteiger partial charge >= 0.3 is 0 Å². The Morgan fingerprint density at radius 2 is 1.45 bits per heavy atom. The Morgan fingerprint density at radius 3 is 2.00 bits per heavy atom. The lowest BCUT2D eigenvalue weighted by Gasteiger charge is -2.11. The Kier molecular flexibility index (Phi) is 5.81. The second-order valence-corrected chi connectivity index (χ2v) is 6.42. The normalized spacial score (nSPS) is 12.5. The molecule has 0 radical (unpaired) electrons. The molecule has 2 rings (SSSR count). The summed E-state index contributed by atoms with van der Waals surface area (Å²) in [6, 6.07) is 16.8. The van der Waals surface area contributed by atoms with Crippen molar-refractivity contribution in [1.29, 1.82) is 0 Å². The monoisotopic (exact) mass is 390 g/mol. The molecule has 0 aliphatic rings. The van der Waals surface area contributed by atoms with E-state index in [0.717, 1.165) is 15.4 Å². The molecule has 0 spiro atoms. The van der Waals surface area contributed by atoms with Crippen LogP contribution < -0.4 is 0 Å². The van der Waals surface area contributed by atoms with Crippen molar-refractivity contribution < 1.29 is 0 Å². The van der Waals surface area contributed by atoms with Crippen LogP contribution in [0.25, 0.3) is 6.08 Å². The molecule has 0 aliphatic heterocycles. The molecule has 0 aromatic heterocycles. The van der Waals surface area contributed by atoms with E-state index in [1.807, 2.05) is 6.08 Å². The minimum absolute atomic E-state index is 0.365. The van der Waals surface area contributed by atoms with E-state index in [-0.39, 0.29) is 0 Å². The average Bonchev–Trinajstić information content (AvgIpc) is 2.46. The first-order chi connectivity index (χ1) is 9.69. The highest BCUT2D eigenvalue weighted by Gasteiger charge is 2.05. The van der Waals surface area contributed by atoms with Gasteiger partial charge in [0.15, 0.2) is 0 Å². The molecule has 0 bridgehead atoms. The third-order valence-electron chi connectivity index (χ3n) is 3.11. The summed E-state index contributed by atoms with van der Waals surface area (Å²) in [5.74, 6) is 0.365. The quantitative estimate of drug-likeness (QED) is 0.504. The molecule has 102 valence electrons. The van der Waals surface area contributed by atoms with Gasteiger partial charge in [0.2, 0.25) is 0 Å². The van der Waals surface area contributed by atoms with E-state index in [1.54, 1.807) is 0 Å². The van der Waals surface area contributed by atoms with E-state index in [4.69, 9.17) is 0 Å². The van der Waals surface area contributed by atoms with E-state index in [1.165, 1.54) is 11.1 Å². The number of rotatable bonds is 5. The summed E-state index contributed by atoms with van der Waals surface area (Å²) >= 11 is 6.93. The molecule has 2 aromatic carbocycles. The SMILES string of the molecule is C=CCC(/C=C/c1ccc(Br)cc1)c1ccc(Br)cc1. The Labute approximate surface area is 137 Å². The summed E-state index contributed by atoms with van der Waals surface area (Å²) in [4.78, 5) is 0. The highest BCUT2D eigenvalue weighted by atomic mass is 79.9. The van der Waals surface area contributed by atoms with E-state index in [9.17, 15) is 0 Å². The summed E-state index contributed by atoms with van der Waals surface area (Å²) in [5, 5.41) is 0. The van der Waals surface area contributed by atoms with Gasteiger partial charge in [0.05, 0.1) is 0 Å². The molecule has 2 heteroatoms. The van der Waals surface area contributed by atoms with Gasteiger partial charge in [-0.15, -0.1) is 6.58 Å². The zero-order valence-electron chi connectivity index (χ0n) is 11.1. The Morgan fingerprint density at radius 1 is 0.900 bits per heavy atom. The number of halogens is 2. The molecule has 0 amide bonds. The van der Waals surface area contributed by atoms with Crippen molar-refractivity contribution >= 4 is 37.9 Å². The van der Waals surface area contributed by atoms with E-state index < -0.39 is 0 Å². The van der Waals surface area contributed by atoms with Crippen LogP contribution in [0.15, 0.2) is 76.2 Å². The minimum atomic E-state index is 0.365. The molecule has 20 heavy (non-hydrogen) atoms. The summed E-state index contributed by atoms with van der Waals surface area (Å²) in [6.07, 6.45) is 7.32. The topological polar surface area (TPSA) is 0 Å². The first kappa shape index (κ1) is 15.3. The second-order valence-electron chi connectivity index (χ2n) is 4.59. The summed E-state index contributed by atoms with van der Waals surface area (Å²) in [5.41, 5.74) is 2.51. The van der Waals surface area contributed by atoms with E-state index in [0.29, 0.717) is 5.92 Å². The predicted molar refractivity (Wildman–Crippen MR) is 94.9 cm³/mol. The van der Waals surface area contributed by atoms with Gasteiger partial charge in [-0.3, -0.25) is 0 Å². The Balaban J connectivity index is 2.18. The Bertz CT molecular complexity index is 580. The summed E-state index contributed by atoms with van der Waals surface area (Å²) in [6.45, 7) is 3.86. The lowest BCUT2D eigenvalue weighted by molar-refractivity contribution is 0.869. The maximum Gasteiger partial charge on any atom is 0.0175 e. The first-order valence-electron chi connectivity index (χ1n) is 6.49. The zero-order chi connectivity index (χ0) is 14.4. The van der Waals surface area contributed by atoms with Crippen LogP contribution in [0.5, 0.6) is 0 Å². The molecule has 0 fully saturated rings. The van der Waals surface area contributed by atoms with Crippen LogP contribution in [0.1, 0.15) is 23.5 Å². The fourth-order valence-corrected chi connectivity index (χ4v) is 2.55. The van der Waals surface area contributed by atoms with Crippen LogP contribution in [0.3, 0.4) is 0 Å². The van der Waals surface area contributed by atoms with Gasteiger partial charge in [-0.1, -0.05) is 74.4 Å². The third kappa shape index (κ3) is 4.46. The molecule has 0 saturated carbocycles. The highest BCUT2D eigenvalue weighted by molar-refractivity contribution is 9.10. The average molecular weight is 392 g/mol. The summed E-state index contributed by atoms with van der Waals surface area (Å²) in [7, 11) is 0. The zero-order valence-corrected chi connectivity index (χ0v) is 14.3. The van der Waals surface area contributed by atoms with Crippen LogP contribution in [-0.4, -0.2) is 0 Å². The van der Waals surface area contributed by atoms with E-state index >= 15 is 0 Å².